The molecule has 0 saturated carbocycles. The Morgan fingerprint density at radius 3 is 2.54 bits per heavy atom. The molecule has 1 heterocycles. The zero-order valence-corrected chi connectivity index (χ0v) is 6.55. The highest BCUT2D eigenvalue weighted by Gasteiger charge is 2.35. The van der Waals surface area contributed by atoms with Gasteiger partial charge in [-0.05, 0) is 6.92 Å². The van der Waals surface area contributed by atoms with Gasteiger partial charge in [0.05, 0.1) is 0 Å². The Kier molecular flexibility index (Phi) is 2.19. The Bertz CT molecular complexity index is 364. The van der Waals surface area contributed by atoms with Crippen LogP contribution in [0.15, 0.2) is 6.20 Å². The van der Waals surface area contributed by atoms with Crippen LogP contribution in [0.5, 0.6) is 0 Å². The summed E-state index contributed by atoms with van der Waals surface area (Å²) in [5, 5.41) is 8.34. The second-order valence-electron chi connectivity index (χ2n) is 2.29. The van der Waals surface area contributed by atoms with Crippen LogP contribution in [0.1, 0.15) is 17.1 Å². The Morgan fingerprint density at radius 2 is 2.08 bits per heavy atom. The van der Waals surface area contributed by atoms with E-state index in [0.717, 1.165) is 6.20 Å². The smallest absolute Gasteiger partial charge is 0.240 e. The van der Waals surface area contributed by atoms with E-state index in [1.807, 2.05) is 0 Å². The maximum Gasteiger partial charge on any atom is 0.434 e. The van der Waals surface area contributed by atoms with E-state index in [-0.39, 0.29) is 5.82 Å². The van der Waals surface area contributed by atoms with Crippen LogP contribution < -0.4 is 0 Å². The van der Waals surface area contributed by atoms with Gasteiger partial charge in [-0.2, -0.15) is 18.4 Å². The van der Waals surface area contributed by atoms with Crippen molar-refractivity contribution in [2.45, 2.75) is 13.1 Å². The predicted octanol–water partition coefficient (Wildman–Crippen LogP) is 1.68. The van der Waals surface area contributed by atoms with Crippen molar-refractivity contribution in [3.8, 4) is 6.07 Å². The lowest BCUT2D eigenvalue weighted by Gasteiger charge is -2.06. The third-order valence-electron chi connectivity index (χ3n) is 1.30. The van der Waals surface area contributed by atoms with Gasteiger partial charge in [0.25, 0.3) is 0 Å². The average Bonchev–Trinajstić information content (AvgIpc) is 2.03. The molecule has 0 amide bonds. The Labute approximate surface area is 71.9 Å². The molecule has 68 valence electrons. The topological polar surface area (TPSA) is 49.6 Å². The number of rotatable bonds is 0. The first-order valence-electron chi connectivity index (χ1n) is 3.26. The molecule has 13 heavy (non-hydrogen) atoms. The maximum atomic E-state index is 12.2. The van der Waals surface area contributed by atoms with Gasteiger partial charge in [0.2, 0.25) is 0 Å². The molecule has 1 aromatic heterocycles. The molecule has 0 spiro atoms. The fourth-order valence-electron chi connectivity index (χ4n) is 0.768. The van der Waals surface area contributed by atoms with E-state index in [2.05, 4.69) is 9.97 Å². The molecule has 0 aromatic carbocycles. The van der Waals surface area contributed by atoms with Gasteiger partial charge in [-0.25, -0.2) is 9.97 Å². The molecule has 0 aliphatic rings. The molecule has 0 radical (unpaired) electrons. The summed E-state index contributed by atoms with van der Waals surface area (Å²) in [4.78, 5) is 6.65. The van der Waals surface area contributed by atoms with Crippen molar-refractivity contribution < 1.29 is 13.2 Å². The van der Waals surface area contributed by atoms with Crippen molar-refractivity contribution in [1.29, 1.82) is 5.26 Å². The van der Waals surface area contributed by atoms with Gasteiger partial charge < -0.3 is 0 Å². The molecule has 6 heteroatoms. The van der Waals surface area contributed by atoms with E-state index in [9.17, 15) is 13.2 Å². The van der Waals surface area contributed by atoms with Crippen molar-refractivity contribution in [3.63, 3.8) is 0 Å². The van der Waals surface area contributed by atoms with Crippen molar-refractivity contribution in [1.82, 2.24) is 9.97 Å². The van der Waals surface area contributed by atoms with Crippen LogP contribution in [-0.2, 0) is 6.18 Å². The summed E-state index contributed by atoms with van der Waals surface area (Å²) < 4.78 is 36.5. The van der Waals surface area contributed by atoms with Gasteiger partial charge in [-0.15, -0.1) is 0 Å². The summed E-state index contributed by atoms with van der Waals surface area (Å²) >= 11 is 0. The molecule has 0 aliphatic heterocycles. The number of hydrogen-bond acceptors (Lipinski definition) is 3. The SMILES string of the molecule is Cc1ncc(C#N)c(C(F)(F)F)n1. The van der Waals surface area contributed by atoms with Crippen molar-refractivity contribution >= 4 is 0 Å². The van der Waals surface area contributed by atoms with Gasteiger partial charge in [0, 0.05) is 6.20 Å². The summed E-state index contributed by atoms with van der Waals surface area (Å²) in [6.07, 6.45) is -3.73. The number of aryl methyl sites for hydroxylation is 1. The first kappa shape index (κ1) is 9.45. The Morgan fingerprint density at radius 1 is 1.46 bits per heavy atom. The largest absolute Gasteiger partial charge is 0.434 e. The van der Waals surface area contributed by atoms with E-state index in [4.69, 9.17) is 5.26 Å². The molecule has 3 nitrogen and oxygen atoms in total. The summed E-state index contributed by atoms with van der Waals surface area (Å²) in [7, 11) is 0. The highest BCUT2D eigenvalue weighted by molar-refractivity contribution is 5.32. The van der Waals surface area contributed by atoms with Gasteiger partial charge in [-0.3, -0.25) is 0 Å². The van der Waals surface area contributed by atoms with Crippen LogP contribution >= 0.6 is 0 Å². The first-order valence-corrected chi connectivity index (χ1v) is 3.26. The van der Waals surface area contributed by atoms with E-state index in [0.29, 0.717) is 0 Å². The third-order valence-corrected chi connectivity index (χ3v) is 1.30. The lowest BCUT2D eigenvalue weighted by molar-refractivity contribution is -0.141. The third kappa shape index (κ3) is 1.93. The molecular formula is C7H4F3N3. The Balaban J connectivity index is 3.35. The first-order chi connectivity index (χ1) is 5.95. The molecule has 0 fully saturated rings. The fourth-order valence-corrected chi connectivity index (χ4v) is 0.768. The molecule has 1 aromatic rings. The van der Waals surface area contributed by atoms with Crippen LogP contribution in [0, 0.1) is 18.3 Å². The fraction of sp³-hybridized carbons (Fsp3) is 0.286. The molecule has 1 rings (SSSR count). The average molecular weight is 187 g/mol. The van der Waals surface area contributed by atoms with Crippen LogP contribution in [0.2, 0.25) is 0 Å². The van der Waals surface area contributed by atoms with Crippen LogP contribution in [0.25, 0.3) is 0 Å². The van der Waals surface area contributed by atoms with Gasteiger partial charge in [0.1, 0.15) is 17.5 Å². The zero-order valence-electron chi connectivity index (χ0n) is 6.55. The second kappa shape index (κ2) is 3.01. The quantitative estimate of drug-likeness (QED) is 0.620. The van der Waals surface area contributed by atoms with Crippen molar-refractivity contribution in [3.05, 3.63) is 23.3 Å². The second-order valence-corrected chi connectivity index (χ2v) is 2.29. The lowest BCUT2D eigenvalue weighted by Crippen LogP contribution is -2.12. The number of aromatic nitrogens is 2. The van der Waals surface area contributed by atoms with E-state index < -0.39 is 17.4 Å². The van der Waals surface area contributed by atoms with Gasteiger partial charge >= 0.3 is 6.18 Å². The van der Waals surface area contributed by atoms with Crippen LogP contribution in [-0.4, -0.2) is 9.97 Å². The maximum absolute atomic E-state index is 12.2. The van der Waals surface area contributed by atoms with E-state index in [1.54, 1.807) is 0 Å². The summed E-state index contributed by atoms with van der Waals surface area (Å²) in [5.74, 6) is -0.00803. The lowest BCUT2D eigenvalue weighted by atomic mass is 10.2. The minimum atomic E-state index is -4.60. The minimum Gasteiger partial charge on any atom is -0.240 e. The van der Waals surface area contributed by atoms with Gasteiger partial charge in [0.15, 0.2) is 5.69 Å². The number of alkyl halides is 3. The van der Waals surface area contributed by atoms with Crippen molar-refractivity contribution in [2.24, 2.45) is 0 Å². The molecule has 0 N–H and O–H groups in total. The summed E-state index contributed by atoms with van der Waals surface area (Å²) in [5.41, 5.74) is -1.74. The van der Waals surface area contributed by atoms with Crippen LogP contribution in [0.4, 0.5) is 13.2 Å². The molecule has 0 aliphatic carbocycles. The van der Waals surface area contributed by atoms with E-state index >= 15 is 0 Å². The summed E-state index contributed by atoms with van der Waals surface area (Å²) in [6, 6.07) is 1.38. The molecule has 0 atom stereocenters. The normalized spacial score (nSPS) is 11.0. The summed E-state index contributed by atoms with van der Waals surface area (Å²) in [6.45, 7) is 1.33. The highest BCUT2D eigenvalue weighted by atomic mass is 19.4. The van der Waals surface area contributed by atoms with Crippen molar-refractivity contribution in [2.75, 3.05) is 0 Å². The predicted molar refractivity (Wildman–Crippen MR) is 36.5 cm³/mol. The number of halogens is 3. The van der Waals surface area contributed by atoms with Gasteiger partial charge in [-0.1, -0.05) is 0 Å². The zero-order chi connectivity index (χ0) is 10.1. The highest BCUT2D eigenvalue weighted by Crippen LogP contribution is 2.29. The number of hydrogen-bond donors (Lipinski definition) is 0. The molecule has 0 bridgehead atoms. The monoisotopic (exact) mass is 187 g/mol. The van der Waals surface area contributed by atoms with E-state index in [1.165, 1.54) is 13.0 Å². The molecule has 0 unspecified atom stereocenters. The number of nitrogens with zero attached hydrogens (tertiary/aromatic N) is 3. The minimum absolute atomic E-state index is 0.00803. The molecule has 0 saturated heterocycles. The standard InChI is InChI=1S/C7H4F3N3/c1-4-12-3-5(2-11)6(13-4)7(8,9)10/h3H,1H3. The van der Waals surface area contributed by atoms with Crippen LogP contribution in [0.3, 0.4) is 0 Å². The Hall–Kier alpha value is -1.64. The molecular weight excluding hydrogens is 183 g/mol. The number of nitriles is 1.